The van der Waals surface area contributed by atoms with Gasteiger partial charge in [-0.3, -0.25) is 4.79 Å². The quantitative estimate of drug-likeness (QED) is 0.623. The number of ether oxygens (including phenoxy) is 1. The van der Waals surface area contributed by atoms with Gasteiger partial charge in [-0.25, -0.2) is 0 Å². The third kappa shape index (κ3) is 15.4. The van der Waals surface area contributed by atoms with Crippen molar-refractivity contribution in [2.75, 3.05) is 13.2 Å². The van der Waals surface area contributed by atoms with E-state index in [-0.39, 0.29) is 5.92 Å². The maximum absolute atomic E-state index is 10.6. The van der Waals surface area contributed by atoms with Crippen molar-refractivity contribution in [3.63, 3.8) is 0 Å². The smallest absolute Gasteiger partial charge is 0.306 e. The molecule has 0 heterocycles. The second-order valence-electron chi connectivity index (χ2n) is 4.07. The average Bonchev–Trinajstić information content (AvgIpc) is 2.30. The Morgan fingerprint density at radius 2 is 1.65 bits per heavy atom. The van der Waals surface area contributed by atoms with Gasteiger partial charge in [0.2, 0.25) is 0 Å². The molecule has 0 rings (SSSR count). The van der Waals surface area contributed by atoms with Gasteiger partial charge in [0.1, 0.15) is 0 Å². The Morgan fingerprint density at radius 1 is 1.06 bits per heavy atom. The lowest BCUT2D eigenvalue weighted by molar-refractivity contribution is -0.142. The van der Waals surface area contributed by atoms with Crippen LogP contribution in [-0.2, 0) is 9.53 Å². The minimum atomic E-state index is -0.631. The van der Waals surface area contributed by atoms with Crippen molar-refractivity contribution in [3.05, 3.63) is 0 Å². The molecule has 0 aromatic heterocycles. The molecule has 1 unspecified atom stereocenters. The molecule has 0 aromatic rings. The molecule has 0 aliphatic rings. The molecule has 3 heteroatoms. The van der Waals surface area contributed by atoms with Crippen molar-refractivity contribution >= 4 is 5.97 Å². The minimum Gasteiger partial charge on any atom is -0.481 e. The van der Waals surface area contributed by atoms with Crippen LogP contribution in [0.1, 0.15) is 66.2 Å². The summed E-state index contributed by atoms with van der Waals surface area (Å²) in [7, 11) is 0. The highest BCUT2D eigenvalue weighted by Crippen LogP contribution is 2.13. The van der Waals surface area contributed by atoms with Crippen LogP contribution in [-0.4, -0.2) is 24.3 Å². The van der Waals surface area contributed by atoms with Gasteiger partial charge in [0.15, 0.2) is 0 Å². The maximum Gasteiger partial charge on any atom is 0.306 e. The average molecular weight is 246 g/mol. The van der Waals surface area contributed by atoms with Gasteiger partial charge in [-0.1, -0.05) is 39.5 Å². The first-order valence-corrected chi connectivity index (χ1v) is 6.94. The Hall–Kier alpha value is -0.570. The fourth-order valence-corrected chi connectivity index (χ4v) is 1.52. The van der Waals surface area contributed by atoms with E-state index in [1.165, 1.54) is 19.3 Å². The van der Waals surface area contributed by atoms with E-state index in [2.05, 4.69) is 6.92 Å². The maximum atomic E-state index is 10.6. The molecule has 17 heavy (non-hydrogen) atoms. The molecule has 0 aliphatic heterocycles. The van der Waals surface area contributed by atoms with E-state index < -0.39 is 5.97 Å². The highest BCUT2D eigenvalue weighted by atomic mass is 16.5. The number of carboxylic acid groups (broad SMARTS) is 1. The third-order valence-corrected chi connectivity index (χ3v) is 2.66. The number of aliphatic carboxylic acids is 1. The van der Waals surface area contributed by atoms with Crippen molar-refractivity contribution in [1.82, 2.24) is 0 Å². The summed E-state index contributed by atoms with van der Waals surface area (Å²) in [6.07, 6.45) is 6.31. The van der Waals surface area contributed by atoms with Gasteiger partial charge in [-0.2, -0.15) is 0 Å². The molecule has 1 atom stereocenters. The standard InChI is InChI=1S/C10H20O2.C4H10O/c1-3-5-6-7-8-9(4-2)10(11)12;1-3-5-4-2/h9H,3-8H2,1-2H3,(H,11,12);3-4H2,1-2H3. The van der Waals surface area contributed by atoms with Crippen LogP contribution in [0.4, 0.5) is 0 Å². The molecular formula is C14H30O3. The van der Waals surface area contributed by atoms with Crippen LogP contribution in [0.5, 0.6) is 0 Å². The fraction of sp³-hybridized carbons (Fsp3) is 0.929. The molecular weight excluding hydrogens is 216 g/mol. The first-order chi connectivity index (χ1) is 8.13. The van der Waals surface area contributed by atoms with E-state index in [0.717, 1.165) is 32.5 Å². The van der Waals surface area contributed by atoms with Gasteiger partial charge < -0.3 is 9.84 Å². The van der Waals surface area contributed by atoms with Crippen molar-refractivity contribution in [2.24, 2.45) is 5.92 Å². The summed E-state index contributed by atoms with van der Waals surface area (Å²) in [5.74, 6) is -0.740. The van der Waals surface area contributed by atoms with Crippen LogP contribution in [0.25, 0.3) is 0 Å². The molecule has 0 aliphatic carbocycles. The summed E-state index contributed by atoms with van der Waals surface area (Å²) in [6, 6.07) is 0. The van der Waals surface area contributed by atoms with E-state index in [0.29, 0.717) is 0 Å². The second-order valence-corrected chi connectivity index (χ2v) is 4.07. The summed E-state index contributed by atoms with van der Waals surface area (Å²) in [6.45, 7) is 9.77. The minimum absolute atomic E-state index is 0.109. The van der Waals surface area contributed by atoms with Crippen molar-refractivity contribution in [1.29, 1.82) is 0 Å². The number of hydrogen-bond acceptors (Lipinski definition) is 2. The first-order valence-electron chi connectivity index (χ1n) is 6.94. The zero-order chi connectivity index (χ0) is 13.5. The summed E-state index contributed by atoms with van der Waals surface area (Å²) in [5, 5.41) is 8.73. The molecule has 0 amide bonds. The number of unbranched alkanes of at least 4 members (excludes halogenated alkanes) is 3. The zero-order valence-electron chi connectivity index (χ0n) is 12.0. The van der Waals surface area contributed by atoms with Gasteiger partial charge in [-0.05, 0) is 26.7 Å². The Morgan fingerprint density at radius 3 is 1.94 bits per heavy atom. The number of hydrogen-bond donors (Lipinski definition) is 1. The van der Waals surface area contributed by atoms with E-state index >= 15 is 0 Å². The summed E-state index contributed by atoms with van der Waals surface area (Å²) < 4.78 is 4.83. The molecule has 3 nitrogen and oxygen atoms in total. The van der Waals surface area contributed by atoms with Crippen molar-refractivity contribution in [3.8, 4) is 0 Å². The van der Waals surface area contributed by atoms with Gasteiger partial charge in [0.25, 0.3) is 0 Å². The van der Waals surface area contributed by atoms with Gasteiger partial charge in [-0.15, -0.1) is 0 Å². The zero-order valence-corrected chi connectivity index (χ0v) is 12.0. The number of carbonyl (C=O) groups is 1. The predicted molar refractivity (Wildman–Crippen MR) is 72.3 cm³/mol. The Bertz CT molecular complexity index is 156. The number of carboxylic acids is 1. The molecule has 0 fully saturated rings. The first kappa shape index (κ1) is 18.8. The molecule has 0 bridgehead atoms. The summed E-state index contributed by atoms with van der Waals surface area (Å²) >= 11 is 0. The SMILES string of the molecule is CCCCCCC(CC)C(=O)O.CCOCC. The number of rotatable bonds is 9. The Balaban J connectivity index is 0. The van der Waals surface area contributed by atoms with Crippen molar-refractivity contribution in [2.45, 2.75) is 66.2 Å². The van der Waals surface area contributed by atoms with Crippen LogP contribution in [0.3, 0.4) is 0 Å². The van der Waals surface area contributed by atoms with Gasteiger partial charge in [0.05, 0.1) is 5.92 Å². The third-order valence-electron chi connectivity index (χ3n) is 2.66. The van der Waals surface area contributed by atoms with Gasteiger partial charge in [0, 0.05) is 13.2 Å². The van der Waals surface area contributed by atoms with Crippen LogP contribution >= 0.6 is 0 Å². The summed E-state index contributed by atoms with van der Waals surface area (Å²) in [5.41, 5.74) is 0. The van der Waals surface area contributed by atoms with Crippen LogP contribution in [0, 0.1) is 5.92 Å². The predicted octanol–water partition coefficient (Wildman–Crippen LogP) is 4.11. The lowest BCUT2D eigenvalue weighted by Gasteiger charge is -2.08. The Labute approximate surface area is 107 Å². The monoisotopic (exact) mass is 246 g/mol. The van der Waals surface area contributed by atoms with Crippen LogP contribution < -0.4 is 0 Å². The normalized spacial score (nSPS) is 11.5. The fourth-order valence-electron chi connectivity index (χ4n) is 1.52. The molecule has 0 saturated carbocycles. The second kappa shape index (κ2) is 15.4. The molecule has 0 aromatic carbocycles. The molecule has 0 spiro atoms. The molecule has 1 N–H and O–H groups in total. The molecule has 104 valence electrons. The van der Waals surface area contributed by atoms with Crippen LogP contribution in [0.15, 0.2) is 0 Å². The van der Waals surface area contributed by atoms with Crippen LogP contribution in [0.2, 0.25) is 0 Å². The topological polar surface area (TPSA) is 46.5 Å². The molecule has 0 radical (unpaired) electrons. The van der Waals surface area contributed by atoms with E-state index in [9.17, 15) is 4.79 Å². The van der Waals surface area contributed by atoms with Crippen molar-refractivity contribution < 1.29 is 14.6 Å². The highest BCUT2D eigenvalue weighted by Gasteiger charge is 2.13. The van der Waals surface area contributed by atoms with Gasteiger partial charge >= 0.3 is 5.97 Å². The van der Waals surface area contributed by atoms with E-state index in [4.69, 9.17) is 9.84 Å². The molecule has 0 saturated heterocycles. The lowest BCUT2D eigenvalue weighted by Crippen LogP contribution is -2.12. The largest absolute Gasteiger partial charge is 0.481 e. The lowest BCUT2D eigenvalue weighted by atomic mass is 9.99. The van der Waals surface area contributed by atoms with E-state index in [1.807, 2.05) is 20.8 Å². The Kier molecular flexibility index (Phi) is 17.1. The highest BCUT2D eigenvalue weighted by molar-refractivity contribution is 5.69. The summed E-state index contributed by atoms with van der Waals surface area (Å²) in [4.78, 5) is 10.6. The van der Waals surface area contributed by atoms with E-state index in [1.54, 1.807) is 0 Å².